The molecule has 1 aliphatic rings. The number of rotatable bonds is 4. The Morgan fingerprint density at radius 1 is 1.52 bits per heavy atom. The fourth-order valence-electron chi connectivity index (χ4n) is 2.84. The lowest BCUT2D eigenvalue weighted by Gasteiger charge is -2.37. The average molecular weight is 338 g/mol. The van der Waals surface area contributed by atoms with Gasteiger partial charge in [-0.15, -0.1) is 0 Å². The molecule has 1 aromatic heterocycles. The summed E-state index contributed by atoms with van der Waals surface area (Å²) in [5, 5.41) is 16.5. The highest BCUT2D eigenvalue weighted by atomic mass is 35.5. The number of amides is 1. The van der Waals surface area contributed by atoms with Crippen LogP contribution in [0.2, 0.25) is 5.02 Å². The molecule has 0 aliphatic heterocycles. The number of nitrogens with one attached hydrogen (secondary N) is 1. The van der Waals surface area contributed by atoms with Gasteiger partial charge in [-0.25, -0.2) is 4.39 Å². The van der Waals surface area contributed by atoms with Crippen LogP contribution in [0.5, 0.6) is 0 Å². The van der Waals surface area contributed by atoms with E-state index in [1.54, 1.807) is 17.9 Å². The lowest BCUT2D eigenvalue weighted by atomic mass is 9.75. The van der Waals surface area contributed by atoms with Gasteiger partial charge in [0, 0.05) is 24.4 Å². The van der Waals surface area contributed by atoms with Gasteiger partial charge in [-0.1, -0.05) is 11.6 Å². The molecule has 0 radical (unpaired) electrons. The number of carbonyl (C=O) groups is 1. The van der Waals surface area contributed by atoms with Crippen molar-refractivity contribution in [2.24, 2.45) is 13.0 Å². The SMILES string of the molecule is Cn1cc([C@H](NC(=O)c2ccc(F)c(Cl)c2)C2CC(O)C2)cn1. The normalized spacial score (nSPS) is 21.6. The molecule has 0 saturated heterocycles. The Kier molecular flexibility index (Phi) is 4.37. The van der Waals surface area contributed by atoms with E-state index in [2.05, 4.69) is 10.4 Å². The van der Waals surface area contributed by atoms with Crippen molar-refractivity contribution in [1.82, 2.24) is 15.1 Å². The van der Waals surface area contributed by atoms with E-state index in [0.717, 1.165) is 5.56 Å². The Hall–Kier alpha value is -1.92. The topological polar surface area (TPSA) is 67.2 Å². The van der Waals surface area contributed by atoms with E-state index in [1.807, 2.05) is 6.20 Å². The highest BCUT2D eigenvalue weighted by molar-refractivity contribution is 6.31. The zero-order chi connectivity index (χ0) is 16.6. The van der Waals surface area contributed by atoms with Crippen LogP contribution in [0, 0.1) is 11.7 Å². The van der Waals surface area contributed by atoms with Crippen LogP contribution in [0.4, 0.5) is 4.39 Å². The van der Waals surface area contributed by atoms with Crippen molar-refractivity contribution in [1.29, 1.82) is 0 Å². The van der Waals surface area contributed by atoms with Gasteiger partial charge in [0.25, 0.3) is 5.91 Å². The van der Waals surface area contributed by atoms with Crippen molar-refractivity contribution in [2.75, 3.05) is 0 Å². The maximum atomic E-state index is 13.2. The molecule has 2 aromatic rings. The predicted molar refractivity (Wildman–Crippen MR) is 83.6 cm³/mol. The summed E-state index contributed by atoms with van der Waals surface area (Å²) in [6, 6.07) is 3.63. The molecule has 0 unspecified atom stereocenters. The molecule has 23 heavy (non-hydrogen) atoms. The molecule has 1 amide bonds. The third-order valence-corrected chi connectivity index (χ3v) is 4.46. The molecule has 1 aliphatic carbocycles. The lowest BCUT2D eigenvalue weighted by molar-refractivity contribution is 0.0235. The van der Waals surface area contributed by atoms with Crippen molar-refractivity contribution in [3.8, 4) is 0 Å². The van der Waals surface area contributed by atoms with Gasteiger partial charge in [0.15, 0.2) is 0 Å². The summed E-state index contributed by atoms with van der Waals surface area (Å²) >= 11 is 5.73. The monoisotopic (exact) mass is 337 g/mol. The highest BCUT2D eigenvalue weighted by Gasteiger charge is 2.36. The first-order valence-corrected chi connectivity index (χ1v) is 7.74. The van der Waals surface area contributed by atoms with Crippen molar-refractivity contribution in [3.63, 3.8) is 0 Å². The number of aryl methyl sites for hydroxylation is 1. The van der Waals surface area contributed by atoms with Gasteiger partial charge in [-0.3, -0.25) is 9.48 Å². The standard InChI is InChI=1S/C16H17ClFN3O2/c1-21-8-11(7-19-21)15(10-4-12(22)5-10)20-16(23)9-2-3-14(18)13(17)6-9/h2-3,6-8,10,12,15,22H,4-5H2,1H3,(H,20,23)/t10?,12?,15-/m1/s1. The van der Waals surface area contributed by atoms with Gasteiger partial charge >= 0.3 is 0 Å². The minimum atomic E-state index is -0.561. The number of aromatic nitrogens is 2. The highest BCUT2D eigenvalue weighted by Crippen LogP contribution is 2.38. The summed E-state index contributed by atoms with van der Waals surface area (Å²) in [6.07, 6.45) is 4.48. The fraction of sp³-hybridized carbons (Fsp3) is 0.375. The summed E-state index contributed by atoms with van der Waals surface area (Å²) in [6.45, 7) is 0. The van der Waals surface area contributed by atoms with Crippen LogP contribution in [-0.2, 0) is 7.05 Å². The molecule has 1 aromatic carbocycles. The summed E-state index contributed by atoms with van der Waals surface area (Å²) < 4.78 is 14.9. The van der Waals surface area contributed by atoms with Crippen LogP contribution in [0.3, 0.4) is 0 Å². The molecule has 1 fully saturated rings. The average Bonchev–Trinajstić information content (AvgIpc) is 2.91. The molecule has 0 spiro atoms. The fourth-order valence-corrected chi connectivity index (χ4v) is 3.02. The van der Waals surface area contributed by atoms with E-state index in [0.29, 0.717) is 18.4 Å². The maximum absolute atomic E-state index is 13.2. The first-order valence-electron chi connectivity index (χ1n) is 7.36. The second-order valence-corrected chi connectivity index (χ2v) is 6.32. The molecular weight excluding hydrogens is 321 g/mol. The molecule has 122 valence electrons. The number of halogens is 2. The number of hydrogen-bond acceptors (Lipinski definition) is 3. The van der Waals surface area contributed by atoms with E-state index in [9.17, 15) is 14.3 Å². The van der Waals surface area contributed by atoms with Gasteiger partial charge in [0.2, 0.25) is 0 Å². The van der Waals surface area contributed by atoms with E-state index in [4.69, 9.17) is 11.6 Å². The Bertz CT molecular complexity index is 728. The summed E-state index contributed by atoms with van der Waals surface area (Å²) in [7, 11) is 1.80. The van der Waals surface area contributed by atoms with E-state index >= 15 is 0 Å². The predicted octanol–water partition coefficient (Wildman–Crippen LogP) is 2.45. The molecule has 1 heterocycles. The number of aliphatic hydroxyl groups excluding tert-OH is 1. The first kappa shape index (κ1) is 16.0. The largest absolute Gasteiger partial charge is 0.393 e. The minimum Gasteiger partial charge on any atom is -0.393 e. The van der Waals surface area contributed by atoms with Crippen molar-refractivity contribution in [3.05, 3.63) is 52.6 Å². The second kappa shape index (κ2) is 6.29. The molecule has 7 heteroatoms. The van der Waals surface area contributed by atoms with Gasteiger partial charge in [0.1, 0.15) is 5.82 Å². The molecule has 2 N–H and O–H groups in total. The van der Waals surface area contributed by atoms with Gasteiger partial charge in [0.05, 0.1) is 23.4 Å². The van der Waals surface area contributed by atoms with Crippen LogP contribution >= 0.6 is 11.6 Å². The Morgan fingerprint density at radius 2 is 2.26 bits per heavy atom. The maximum Gasteiger partial charge on any atom is 0.251 e. The number of benzene rings is 1. The van der Waals surface area contributed by atoms with Crippen molar-refractivity contribution >= 4 is 17.5 Å². The number of hydrogen-bond donors (Lipinski definition) is 2. The third kappa shape index (κ3) is 3.38. The van der Waals surface area contributed by atoms with E-state index < -0.39 is 5.82 Å². The van der Waals surface area contributed by atoms with Crippen LogP contribution in [0.1, 0.15) is 34.8 Å². The molecule has 1 saturated carbocycles. The van der Waals surface area contributed by atoms with Crippen molar-refractivity contribution in [2.45, 2.75) is 25.0 Å². The Labute approximate surface area is 138 Å². The molecule has 3 rings (SSSR count). The van der Waals surface area contributed by atoms with E-state index in [1.165, 1.54) is 18.2 Å². The smallest absolute Gasteiger partial charge is 0.251 e. The van der Waals surface area contributed by atoms with Gasteiger partial charge in [-0.05, 0) is 37.0 Å². The number of nitrogens with zero attached hydrogens (tertiary/aromatic N) is 2. The zero-order valence-electron chi connectivity index (χ0n) is 12.5. The van der Waals surface area contributed by atoms with Gasteiger partial charge < -0.3 is 10.4 Å². The molecule has 1 atom stereocenters. The zero-order valence-corrected chi connectivity index (χ0v) is 13.3. The Morgan fingerprint density at radius 3 is 2.83 bits per heavy atom. The van der Waals surface area contributed by atoms with Crippen molar-refractivity contribution < 1.29 is 14.3 Å². The quantitative estimate of drug-likeness (QED) is 0.900. The van der Waals surface area contributed by atoms with Crippen LogP contribution in [-0.4, -0.2) is 26.9 Å². The Balaban J connectivity index is 1.80. The summed E-state index contributed by atoms with van der Waals surface area (Å²) in [5.74, 6) is -0.745. The second-order valence-electron chi connectivity index (χ2n) is 5.91. The summed E-state index contributed by atoms with van der Waals surface area (Å²) in [5.41, 5.74) is 1.18. The molecule has 5 nitrogen and oxygen atoms in total. The minimum absolute atomic E-state index is 0.0883. The molecule has 0 bridgehead atoms. The molecular formula is C16H17ClFN3O2. The van der Waals surface area contributed by atoms with Crippen LogP contribution in [0.25, 0.3) is 0 Å². The number of aliphatic hydroxyl groups is 1. The third-order valence-electron chi connectivity index (χ3n) is 4.17. The van der Waals surface area contributed by atoms with Gasteiger partial charge in [-0.2, -0.15) is 5.10 Å². The number of carbonyl (C=O) groups excluding carboxylic acids is 1. The first-order chi connectivity index (χ1) is 10.9. The van der Waals surface area contributed by atoms with Crippen LogP contribution < -0.4 is 5.32 Å². The summed E-state index contributed by atoms with van der Waals surface area (Å²) in [4.78, 5) is 12.4. The lowest BCUT2D eigenvalue weighted by Crippen LogP contribution is -2.41. The van der Waals surface area contributed by atoms with E-state index in [-0.39, 0.29) is 29.0 Å². The van der Waals surface area contributed by atoms with Crippen LogP contribution in [0.15, 0.2) is 30.6 Å².